The smallest absolute Gasteiger partial charge is 0.164 e. The Morgan fingerprint density at radius 1 is 0.333 bits per heavy atom. The largest absolute Gasteiger partial charge is 0.456 e. The fourth-order valence-corrected chi connectivity index (χ4v) is 6.47. The summed E-state index contributed by atoms with van der Waals surface area (Å²) in [6.07, 6.45) is 0. The average molecular weight is 576 g/mol. The molecule has 0 saturated carbocycles. The first-order chi connectivity index (χ1) is 22.3. The van der Waals surface area contributed by atoms with Crippen molar-refractivity contribution in [3.05, 3.63) is 152 Å². The Bertz CT molecular complexity index is 2480. The van der Waals surface area contributed by atoms with Crippen molar-refractivity contribution >= 4 is 43.5 Å². The van der Waals surface area contributed by atoms with Crippen molar-refractivity contribution in [3.63, 3.8) is 0 Å². The van der Waals surface area contributed by atoms with E-state index < -0.39 is 0 Å². The first-order valence-corrected chi connectivity index (χ1v) is 15.0. The van der Waals surface area contributed by atoms with E-state index >= 15 is 0 Å². The van der Waals surface area contributed by atoms with E-state index in [0.717, 1.165) is 60.5 Å². The maximum absolute atomic E-state index is 6.41. The van der Waals surface area contributed by atoms with Gasteiger partial charge in [0.25, 0.3) is 0 Å². The molecule has 0 N–H and O–H groups in total. The van der Waals surface area contributed by atoms with Gasteiger partial charge >= 0.3 is 0 Å². The molecule has 0 radical (unpaired) electrons. The van der Waals surface area contributed by atoms with E-state index in [1.54, 1.807) is 0 Å². The van der Waals surface area contributed by atoms with Crippen LogP contribution >= 0.6 is 0 Å². The van der Waals surface area contributed by atoms with Gasteiger partial charge < -0.3 is 4.42 Å². The maximum Gasteiger partial charge on any atom is 0.164 e. The number of hydrogen-bond acceptors (Lipinski definition) is 4. The Morgan fingerprint density at radius 2 is 0.889 bits per heavy atom. The lowest BCUT2D eigenvalue weighted by Gasteiger charge is -2.14. The van der Waals surface area contributed by atoms with E-state index in [1.165, 1.54) is 10.8 Å². The van der Waals surface area contributed by atoms with Crippen LogP contribution in [0.3, 0.4) is 0 Å². The van der Waals surface area contributed by atoms with Crippen LogP contribution in [0.4, 0.5) is 0 Å². The number of hydrogen-bond donors (Lipinski definition) is 0. The molecule has 0 aliphatic heterocycles. The molecule has 0 atom stereocenters. The van der Waals surface area contributed by atoms with Gasteiger partial charge in [-0.25, -0.2) is 15.0 Å². The van der Waals surface area contributed by atoms with Crippen LogP contribution in [0.2, 0.25) is 0 Å². The predicted molar refractivity (Wildman–Crippen MR) is 184 cm³/mol. The molecular formula is C41H25N3O. The SMILES string of the molecule is c1ccc(-c2nc(-c3ccccc3)nc(-c3ccc(-c4cccc5oc6ccc7ccccc7c6c45)c4ccccc34)n2)cc1. The monoisotopic (exact) mass is 575 g/mol. The summed E-state index contributed by atoms with van der Waals surface area (Å²) in [5.74, 6) is 1.94. The van der Waals surface area contributed by atoms with Gasteiger partial charge in [-0.05, 0) is 50.9 Å². The second-order valence-electron chi connectivity index (χ2n) is 11.2. The zero-order valence-electron chi connectivity index (χ0n) is 24.2. The summed E-state index contributed by atoms with van der Waals surface area (Å²) in [5.41, 5.74) is 6.90. The third kappa shape index (κ3) is 4.19. The molecule has 0 spiro atoms. The lowest BCUT2D eigenvalue weighted by Crippen LogP contribution is -2.00. The minimum absolute atomic E-state index is 0.642. The van der Waals surface area contributed by atoms with E-state index in [0.29, 0.717) is 17.5 Å². The predicted octanol–water partition coefficient (Wildman–Crippen LogP) is 10.7. The van der Waals surface area contributed by atoms with Gasteiger partial charge in [0.15, 0.2) is 17.5 Å². The van der Waals surface area contributed by atoms with E-state index in [4.69, 9.17) is 19.4 Å². The summed E-state index contributed by atoms with van der Waals surface area (Å²) in [5, 5.41) is 6.86. The van der Waals surface area contributed by atoms with Gasteiger partial charge in [0.2, 0.25) is 0 Å². The number of aromatic nitrogens is 3. The topological polar surface area (TPSA) is 51.8 Å². The minimum Gasteiger partial charge on any atom is -0.456 e. The molecule has 9 rings (SSSR count). The Balaban J connectivity index is 1.30. The van der Waals surface area contributed by atoms with Crippen LogP contribution in [0.1, 0.15) is 0 Å². The fraction of sp³-hybridized carbons (Fsp3) is 0. The summed E-state index contributed by atoms with van der Waals surface area (Å²) in [4.78, 5) is 15.0. The van der Waals surface area contributed by atoms with E-state index in [9.17, 15) is 0 Å². The molecule has 0 unspecified atom stereocenters. The van der Waals surface area contributed by atoms with Gasteiger partial charge in [-0.1, -0.05) is 133 Å². The Morgan fingerprint density at radius 3 is 1.60 bits per heavy atom. The highest BCUT2D eigenvalue weighted by atomic mass is 16.3. The van der Waals surface area contributed by atoms with Crippen molar-refractivity contribution in [2.45, 2.75) is 0 Å². The molecule has 2 aromatic heterocycles. The van der Waals surface area contributed by atoms with Crippen LogP contribution in [-0.2, 0) is 0 Å². The molecule has 0 saturated heterocycles. The highest BCUT2D eigenvalue weighted by Crippen LogP contribution is 2.43. The third-order valence-electron chi connectivity index (χ3n) is 8.54. The van der Waals surface area contributed by atoms with Crippen LogP contribution in [0, 0.1) is 0 Å². The molecule has 4 nitrogen and oxygen atoms in total. The van der Waals surface area contributed by atoms with Crippen molar-refractivity contribution in [3.8, 4) is 45.3 Å². The number of furan rings is 1. The van der Waals surface area contributed by atoms with Gasteiger partial charge in [0.05, 0.1) is 0 Å². The van der Waals surface area contributed by atoms with Gasteiger partial charge in [0, 0.05) is 27.5 Å². The molecule has 0 fully saturated rings. The molecule has 0 bridgehead atoms. The summed E-state index contributed by atoms with van der Waals surface area (Å²) < 4.78 is 6.41. The van der Waals surface area contributed by atoms with Crippen LogP contribution in [0.25, 0.3) is 88.8 Å². The van der Waals surface area contributed by atoms with Crippen molar-refractivity contribution in [1.29, 1.82) is 0 Å². The van der Waals surface area contributed by atoms with E-state index in [2.05, 4.69) is 91.0 Å². The molecule has 210 valence electrons. The molecule has 0 amide bonds. The van der Waals surface area contributed by atoms with Crippen LogP contribution < -0.4 is 0 Å². The highest BCUT2D eigenvalue weighted by Gasteiger charge is 2.19. The second-order valence-corrected chi connectivity index (χ2v) is 11.2. The quantitative estimate of drug-likeness (QED) is 0.209. The molecule has 2 heterocycles. The molecule has 9 aromatic rings. The molecular weight excluding hydrogens is 550 g/mol. The first-order valence-electron chi connectivity index (χ1n) is 15.0. The van der Waals surface area contributed by atoms with Gasteiger partial charge in [-0.3, -0.25) is 0 Å². The lowest BCUT2D eigenvalue weighted by molar-refractivity contribution is 0.669. The zero-order chi connectivity index (χ0) is 29.7. The number of nitrogens with zero attached hydrogens (tertiary/aromatic N) is 3. The van der Waals surface area contributed by atoms with Crippen molar-refractivity contribution < 1.29 is 4.42 Å². The first kappa shape index (κ1) is 25.4. The van der Waals surface area contributed by atoms with Crippen molar-refractivity contribution in [2.75, 3.05) is 0 Å². The molecule has 7 aromatic carbocycles. The molecule has 0 aliphatic carbocycles. The van der Waals surface area contributed by atoms with Gasteiger partial charge in [-0.2, -0.15) is 0 Å². The van der Waals surface area contributed by atoms with Gasteiger partial charge in [0.1, 0.15) is 11.2 Å². The zero-order valence-corrected chi connectivity index (χ0v) is 24.2. The van der Waals surface area contributed by atoms with E-state index in [1.807, 2.05) is 60.7 Å². The van der Waals surface area contributed by atoms with Crippen LogP contribution in [-0.4, -0.2) is 15.0 Å². The maximum atomic E-state index is 6.41. The summed E-state index contributed by atoms with van der Waals surface area (Å²) in [6.45, 7) is 0. The highest BCUT2D eigenvalue weighted by molar-refractivity contribution is 6.24. The lowest BCUT2D eigenvalue weighted by atomic mass is 9.91. The normalized spacial score (nSPS) is 11.6. The molecule has 4 heteroatoms. The summed E-state index contributed by atoms with van der Waals surface area (Å²) in [6, 6.07) is 52.1. The van der Waals surface area contributed by atoms with Crippen molar-refractivity contribution in [1.82, 2.24) is 15.0 Å². The van der Waals surface area contributed by atoms with Crippen molar-refractivity contribution in [2.24, 2.45) is 0 Å². The summed E-state index contributed by atoms with van der Waals surface area (Å²) in [7, 11) is 0. The van der Waals surface area contributed by atoms with Gasteiger partial charge in [-0.15, -0.1) is 0 Å². The second kappa shape index (κ2) is 10.2. The standard InChI is InChI=1S/C41H25N3O/c1-3-13-27(14-4-1)39-42-40(28-15-5-2-6-16-28)44-41(43-39)34-24-23-32(30-18-9-10-19-31(30)34)33-20-11-21-35-38(33)37-29-17-8-7-12-26(29)22-25-36(37)45-35/h1-25H. The molecule has 0 aliphatic rings. The average Bonchev–Trinajstić information content (AvgIpc) is 3.51. The number of fused-ring (bicyclic) bond motifs is 6. The Kier molecular flexibility index (Phi) is 5.78. The number of rotatable bonds is 4. The fourth-order valence-electron chi connectivity index (χ4n) is 6.47. The molecule has 45 heavy (non-hydrogen) atoms. The Hall–Kier alpha value is -6.13. The Labute approximate surface area is 259 Å². The van der Waals surface area contributed by atoms with Crippen LogP contribution in [0.5, 0.6) is 0 Å². The third-order valence-corrected chi connectivity index (χ3v) is 8.54. The number of benzene rings is 7. The minimum atomic E-state index is 0.642. The van der Waals surface area contributed by atoms with E-state index in [-0.39, 0.29) is 0 Å². The van der Waals surface area contributed by atoms with Crippen LogP contribution in [0.15, 0.2) is 156 Å². The summed E-state index contributed by atoms with van der Waals surface area (Å²) >= 11 is 0.